The predicted octanol–water partition coefficient (Wildman–Crippen LogP) is 2.26. The Balaban J connectivity index is 2.04. The second-order valence-electron chi connectivity index (χ2n) is 4.90. The summed E-state index contributed by atoms with van der Waals surface area (Å²) in [6.07, 6.45) is 5.10. The Labute approximate surface area is 97.0 Å². The van der Waals surface area contributed by atoms with Gasteiger partial charge in [-0.3, -0.25) is 0 Å². The lowest BCUT2D eigenvalue weighted by Crippen LogP contribution is -2.09. The molecule has 0 spiro atoms. The fourth-order valence-corrected chi connectivity index (χ4v) is 3.11. The number of hydrogen-bond donors (Lipinski definition) is 1. The molecule has 0 aromatic heterocycles. The molecule has 1 atom stereocenters. The van der Waals surface area contributed by atoms with Crippen molar-refractivity contribution in [2.24, 2.45) is 0 Å². The molecule has 0 amide bonds. The number of ether oxygens (including phenoxy) is 1. The third kappa shape index (κ3) is 1.61. The fraction of sp³-hybridized carbons (Fsp3) is 0.571. The first kappa shape index (κ1) is 10.2. The molecule has 2 heteroatoms. The maximum Gasteiger partial charge on any atom is 0.119 e. The number of aryl methyl sites for hydroxylation is 1. The van der Waals surface area contributed by atoms with Crippen LogP contribution in [-0.2, 0) is 12.8 Å². The van der Waals surface area contributed by atoms with Crippen molar-refractivity contribution in [1.82, 2.24) is 5.32 Å². The van der Waals surface area contributed by atoms with Crippen LogP contribution in [0, 0.1) is 0 Å². The van der Waals surface area contributed by atoms with Gasteiger partial charge in [0.15, 0.2) is 0 Å². The molecule has 0 bridgehead atoms. The molecule has 1 saturated heterocycles. The van der Waals surface area contributed by atoms with Crippen molar-refractivity contribution in [3.8, 4) is 5.75 Å². The van der Waals surface area contributed by atoms with E-state index in [4.69, 9.17) is 4.74 Å². The van der Waals surface area contributed by atoms with Crippen LogP contribution in [-0.4, -0.2) is 20.2 Å². The molecule has 1 heterocycles. The van der Waals surface area contributed by atoms with Gasteiger partial charge in [-0.15, -0.1) is 0 Å². The number of benzene rings is 1. The van der Waals surface area contributed by atoms with Gasteiger partial charge in [-0.2, -0.15) is 0 Å². The van der Waals surface area contributed by atoms with Crippen molar-refractivity contribution in [2.75, 3.05) is 20.2 Å². The van der Waals surface area contributed by atoms with Crippen LogP contribution < -0.4 is 10.1 Å². The molecular formula is C14H19NO. The Hall–Kier alpha value is -1.02. The summed E-state index contributed by atoms with van der Waals surface area (Å²) in [5.41, 5.74) is 4.70. The van der Waals surface area contributed by atoms with Crippen LogP contribution in [0.3, 0.4) is 0 Å². The summed E-state index contributed by atoms with van der Waals surface area (Å²) in [5.74, 6) is 1.75. The summed E-state index contributed by atoms with van der Waals surface area (Å²) in [6, 6.07) is 4.50. The third-order valence-corrected chi connectivity index (χ3v) is 3.96. The van der Waals surface area contributed by atoms with E-state index in [1.807, 2.05) is 0 Å². The lowest BCUT2D eigenvalue weighted by Gasteiger charge is -2.16. The quantitative estimate of drug-likeness (QED) is 0.820. The average molecular weight is 217 g/mol. The average Bonchev–Trinajstić information content (AvgIpc) is 2.98. The van der Waals surface area contributed by atoms with Crippen LogP contribution in [0.15, 0.2) is 12.1 Å². The predicted molar refractivity (Wildman–Crippen MR) is 65.2 cm³/mol. The minimum absolute atomic E-state index is 0.710. The number of rotatable bonds is 2. The van der Waals surface area contributed by atoms with Crippen molar-refractivity contribution >= 4 is 0 Å². The minimum atomic E-state index is 0.710. The van der Waals surface area contributed by atoms with Gasteiger partial charge in [0.25, 0.3) is 0 Å². The summed E-state index contributed by atoms with van der Waals surface area (Å²) in [5, 5.41) is 3.46. The molecule has 1 unspecified atom stereocenters. The van der Waals surface area contributed by atoms with Crippen molar-refractivity contribution in [1.29, 1.82) is 0 Å². The topological polar surface area (TPSA) is 21.3 Å². The van der Waals surface area contributed by atoms with E-state index in [0.717, 1.165) is 18.8 Å². The maximum absolute atomic E-state index is 5.42. The molecule has 3 rings (SSSR count). The first-order chi connectivity index (χ1) is 7.88. The Morgan fingerprint density at radius 3 is 3.00 bits per heavy atom. The van der Waals surface area contributed by atoms with Crippen molar-refractivity contribution in [2.45, 2.75) is 31.6 Å². The maximum atomic E-state index is 5.42. The highest BCUT2D eigenvalue weighted by Crippen LogP contribution is 2.36. The second-order valence-corrected chi connectivity index (χ2v) is 4.90. The Kier molecular flexibility index (Phi) is 2.60. The summed E-state index contributed by atoms with van der Waals surface area (Å²) >= 11 is 0. The van der Waals surface area contributed by atoms with Crippen LogP contribution in [0.5, 0.6) is 5.75 Å². The normalized spacial score (nSPS) is 23.4. The van der Waals surface area contributed by atoms with E-state index in [0.29, 0.717) is 5.92 Å². The van der Waals surface area contributed by atoms with Crippen LogP contribution >= 0.6 is 0 Å². The van der Waals surface area contributed by atoms with Gasteiger partial charge in [0, 0.05) is 6.54 Å². The number of fused-ring (bicyclic) bond motifs is 1. The molecule has 1 aromatic carbocycles. The zero-order valence-corrected chi connectivity index (χ0v) is 9.88. The summed E-state index contributed by atoms with van der Waals surface area (Å²) in [6.45, 7) is 2.30. The molecule has 1 aliphatic heterocycles. The molecule has 0 radical (unpaired) electrons. The molecule has 2 nitrogen and oxygen atoms in total. The van der Waals surface area contributed by atoms with E-state index >= 15 is 0 Å². The van der Waals surface area contributed by atoms with Gasteiger partial charge in [0.1, 0.15) is 5.75 Å². The monoisotopic (exact) mass is 217 g/mol. The lowest BCUT2D eigenvalue weighted by atomic mass is 9.91. The van der Waals surface area contributed by atoms with Gasteiger partial charge in [0.2, 0.25) is 0 Å². The molecule has 1 aliphatic carbocycles. The largest absolute Gasteiger partial charge is 0.497 e. The lowest BCUT2D eigenvalue weighted by molar-refractivity contribution is 0.413. The van der Waals surface area contributed by atoms with E-state index in [2.05, 4.69) is 17.4 Å². The van der Waals surface area contributed by atoms with Crippen LogP contribution in [0.4, 0.5) is 0 Å². The van der Waals surface area contributed by atoms with Gasteiger partial charge in [-0.1, -0.05) is 0 Å². The Morgan fingerprint density at radius 1 is 1.31 bits per heavy atom. The number of hydrogen-bond acceptors (Lipinski definition) is 2. The fourth-order valence-electron chi connectivity index (χ4n) is 3.11. The second kappa shape index (κ2) is 4.10. The first-order valence-electron chi connectivity index (χ1n) is 6.29. The molecule has 1 aromatic rings. The molecule has 1 fully saturated rings. The van der Waals surface area contributed by atoms with E-state index in [1.54, 1.807) is 18.2 Å². The third-order valence-electron chi connectivity index (χ3n) is 3.96. The van der Waals surface area contributed by atoms with Gasteiger partial charge < -0.3 is 10.1 Å². The highest BCUT2D eigenvalue weighted by molar-refractivity contribution is 5.46. The molecule has 2 aliphatic rings. The summed E-state index contributed by atoms with van der Waals surface area (Å²) in [7, 11) is 1.77. The van der Waals surface area contributed by atoms with E-state index < -0.39 is 0 Å². The zero-order valence-electron chi connectivity index (χ0n) is 9.88. The van der Waals surface area contributed by atoms with Crippen molar-refractivity contribution in [3.63, 3.8) is 0 Å². The molecule has 86 valence electrons. The van der Waals surface area contributed by atoms with E-state index in [9.17, 15) is 0 Å². The minimum Gasteiger partial charge on any atom is -0.497 e. The smallest absolute Gasteiger partial charge is 0.119 e. The zero-order chi connectivity index (χ0) is 11.0. The Bertz CT molecular complexity index is 394. The highest BCUT2D eigenvalue weighted by atomic mass is 16.5. The van der Waals surface area contributed by atoms with Crippen molar-refractivity contribution in [3.05, 3.63) is 28.8 Å². The SMILES string of the molecule is COc1cc2c(c(C3CCNC3)c1)CCC2. The van der Waals surface area contributed by atoms with Crippen LogP contribution in [0.25, 0.3) is 0 Å². The molecule has 0 saturated carbocycles. The first-order valence-corrected chi connectivity index (χ1v) is 6.29. The van der Waals surface area contributed by atoms with Gasteiger partial charge in [-0.05, 0) is 67.0 Å². The van der Waals surface area contributed by atoms with Gasteiger partial charge in [0.05, 0.1) is 7.11 Å². The Morgan fingerprint density at radius 2 is 2.25 bits per heavy atom. The van der Waals surface area contributed by atoms with E-state index in [-0.39, 0.29) is 0 Å². The highest BCUT2D eigenvalue weighted by Gasteiger charge is 2.24. The van der Waals surface area contributed by atoms with Crippen LogP contribution in [0.1, 0.15) is 35.4 Å². The van der Waals surface area contributed by atoms with E-state index in [1.165, 1.54) is 31.2 Å². The van der Waals surface area contributed by atoms with Gasteiger partial charge >= 0.3 is 0 Å². The number of nitrogens with one attached hydrogen (secondary N) is 1. The van der Waals surface area contributed by atoms with Crippen molar-refractivity contribution < 1.29 is 4.74 Å². The molecule has 16 heavy (non-hydrogen) atoms. The molecule has 1 N–H and O–H groups in total. The standard InChI is InChI=1S/C14H19NO/c1-16-12-7-10-3-2-4-13(10)14(8-12)11-5-6-15-9-11/h7-8,11,15H,2-6,9H2,1H3. The van der Waals surface area contributed by atoms with Crippen LogP contribution in [0.2, 0.25) is 0 Å². The summed E-state index contributed by atoms with van der Waals surface area (Å²) < 4.78 is 5.42. The summed E-state index contributed by atoms with van der Waals surface area (Å²) in [4.78, 5) is 0. The van der Waals surface area contributed by atoms with Gasteiger partial charge in [-0.25, -0.2) is 0 Å². The number of methoxy groups -OCH3 is 1. The molecular weight excluding hydrogens is 198 g/mol.